The zero-order chi connectivity index (χ0) is 18.3. The molecule has 1 aromatic carbocycles. The van der Waals surface area contributed by atoms with Crippen molar-refractivity contribution in [1.82, 2.24) is 10.6 Å². The van der Waals surface area contributed by atoms with Crippen molar-refractivity contribution in [1.29, 1.82) is 0 Å². The minimum absolute atomic E-state index is 0.175. The van der Waals surface area contributed by atoms with E-state index in [0.717, 1.165) is 12.1 Å². The molecule has 132 valence electrons. The summed E-state index contributed by atoms with van der Waals surface area (Å²) in [6, 6.07) is 7.54. The van der Waals surface area contributed by atoms with E-state index in [4.69, 9.17) is 4.42 Å². The Kier molecular flexibility index (Phi) is 5.99. The van der Waals surface area contributed by atoms with Crippen LogP contribution in [0.2, 0.25) is 0 Å². The Morgan fingerprint density at radius 1 is 1.04 bits per heavy atom. The van der Waals surface area contributed by atoms with E-state index in [9.17, 15) is 22.8 Å². The Balaban J connectivity index is 1.72. The second kappa shape index (κ2) is 8.18. The van der Waals surface area contributed by atoms with Crippen molar-refractivity contribution in [2.24, 2.45) is 0 Å². The van der Waals surface area contributed by atoms with Crippen LogP contribution in [0.25, 0.3) is 6.08 Å². The Morgan fingerprint density at radius 3 is 2.32 bits per heavy atom. The van der Waals surface area contributed by atoms with Crippen molar-refractivity contribution in [3.05, 3.63) is 65.6 Å². The normalized spacial score (nSPS) is 11.5. The minimum atomic E-state index is -4.39. The first kappa shape index (κ1) is 18.3. The first-order chi connectivity index (χ1) is 11.9. The van der Waals surface area contributed by atoms with Gasteiger partial charge in [0.05, 0.1) is 11.8 Å². The molecule has 8 heteroatoms. The van der Waals surface area contributed by atoms with E-state index in [1.54, 1.807) is 6.07 Å². The van der Waals surface area contributed by atoms with Crippen LogP contribution in [0.15, 0.2) is 53.2 Å². The number of nitrogens with one attached hydrogen (secondary N) is 2. The molecule has 1 aromatic heterocycles. The molecule has 2 amide bonds. The lowest BCUT2D eigenvalue weighted by atomic mass is 10.1. The number of hydrogen-bond donors (Lipinski definition) is 2. The van der Waals surface area contributed by atoms with E-state index < -0.39 is 17.6 Å². The van der Waals surface area contributed by atoms with Gasteiger partial charge in [-0.05, 0) is 35.9 Å². The van der Waals surface area contributed by atoms with E-state index in [-0.39, 0.29) is 24.8 Å². The summed E-state index contributed by atoms with van der Waals surface area (Å²) in [7, 11) is 0. The summed E-state index contributed by atoms with van der Waals surface area (Å²) in [6.07, 6.45) is -0.406. The molecule has 2 N–H and O–H groups in total. The average Bonchev–Trinajstić information content (AvgIpc) is 3.11. The third-order valence-electron chi connectivity index (χ3n) is 3.12. The second-order valence-electron chi connectivity index (χ2n) is 4.98. The van der Waals surface area contributed by atoms with Crippen molar-refractivity contribution < 1.29 is 27.2 Å². The Bertz CT molecular complexity index is 735. The summed E-state index contributed by atoms with van der Waals surface area (Å²) in [4.78, 5) is 23.2. The molecule has 25 heavy (non-hydrogen) atoms. The molecule has 0 bridgehead atoms. The van der Waals surface area contributed by atoms with Gasteiger partial charge in [0.15, 0.2) is 5.76 Å². The van der Waals surface area contributed by atoms with E-state index in [1.165, 1.54) is 36.6 Å². The molecule has 2 rings (SSSR count). The molecular weight excluding hydrogens is 337 g/mol. The van der Waals surface area contributed by atoms with Gasteiger partial charge >= 0.3 is 6.18 Å². The van der Waals surface area contributed by atoms with E-state index in [0.29, 0.717) is 5.56 Å². The van der Waals surface area contributed by atoms with Crippen LogP contribution in [0, 0.1) is 0 Å². The van der Waals surface area contributed by atoms with Gasteiger partial charge in [0.25, 0.3) is 5.91 Å². The highest BCUT2D eigenvalue weighted by atomic mass is 19.4. The lowest BCUT2D eigenvalue weighted by molar-refractivity contribution is -0.137. The van der Waals surface area contributed by atoms with Crippen LogP contribution in [0.5, 0.6) is 0 Å². The van der Waals surface area contributed by atoms with Crippen molar-refractivity contribution in [3.63, 3.8) is 0 Å². The third-order valence-corrected chi connectivity index (χ3v) is 3.12. The van der Waals surface area contributed by atoms with Gasteiger partial charge in [-0.1, -0.05) is 12.1 Å². The van der Waals surface area contributed by atoms with Crippen molar-refractivity contribution in [2.75, 3.05) is 13.1 Å². The number of rotatable bonds is 6. The lowest BCUT2D eigenvalue weighted by Gasteiger charge is -2.06. The van der Waals surface area contributed by atoms with Gasteiger partial charge in [0.1, 0.15) is 0 Å². The maximum atomic E-state index is 12.4. The molecule has 0 aliphatic heterocycles. The SMILES string of the molecule is O=C(/C=C/c1ccc(C(F)(F)F)cc1)NCCNC(=O)c1ccco1. The lowest BCUT2D eigenvalue weighted by Crippen LogP contribution is -2.33. The summed E-state index contributed by atoms with van der Waals surface area (Å²) in [5.74, 6) is -0.639. The van der Waals surface area contributed by atoms with Crippen LogP contribution >= 0.6 is 0 Å². The quantitative estimate of drug-likeness (QED) is 0.620. The molecule has 0 saturated carbocycles. The number of benzene rings is 1. The van der Waals surface area contributed by atoms with Gasteiger partial charge in [0, 0.05) is 19.2 Å². The van der Waals surface area contributed by atoms with E-state index in [2.05, 4.69) is 10.6 Å². The summed E-state index contributed by atoms with van der Waals surface area (Å²) >= 11 is 0. The number of amides is 2. The fourth-order valence-corrected chi connectivity index (χ4v) is 1.87. The molecule has 0 spiro atoms. The minimum Gasteiger partial charge on any atom is -0.459 e. The molecule has 1 heterocycles. The maximum Gasteiger partial charge on any atom is 0.416 e. The largest absolute Gasteiger partial charge is 0.459 e. The summed E-state index contributed by atoms with van der Waals surface area (Å²) < 4.78 is 42.2. The second-order valence-corrected chi connectivity index (χ2v) is 4.98. The van der Waals surface area contributed by atoms with Gasteiger partial charge in [-0.2, -0.15) is 13.2 Å². The van der Waals surface area contributed by atoms with Crippen LogP contribution in [0.3, 0.4) is 0 Å². The molecular formula is C17H15F3N2O3. The van der Waals surface area contributed by atoms with Crippen LogP contribution in [0.4, 0.5) is 13.2 Å². The van der Waals surface area contributed by atoms with Crippen molar-refractivity contribution in [3.8, 4) is 0 Å². The molecule has 0 unspecified atom stereocenters. The standard InChI is InChI=1S/C17H15F3N2O3/c18-17(19,20)13-6-3-12(4-7-13)5-8-15(23)21-9-10-22-16(24)14-2-1-11-25-14/h1-8,11H,9-10H2,(H,21,23)(H,22,24)/b8-5+. The zero-order valence-corrected chi connectivity index (χ0v) is 13.0. The molecule has 0 fully saturated rings. The molecule has 5 nitrogen and oxygen atoms in total. The van der Waals surface area contributed by atoms with Gasteiger partial charge in [-0.15, -0.1) is 0 Å². The van der Waals surface area contributed by atoms with Crippen LogP contribution in [-0.2, 0) is 11.0 Å². The number of furan rings is 1. The molecule has 0 aliphatic carbocycles. The van der Waals surface area contributed by atoms with Crippen molar-refractivity contribution in [2.45, 2.75) is 6.18 Å². The summed E-state index contributed by atoms with van der Waals surface area (Å²) in [5.41, 5.74) is -0.282. The fraction of sp³-hybridized carbons (Fsp3) is 0.176. The van der Waals surface area contributed by atoms with Gasteiger partial charge in [-0.25, -0.2) is 0 Å². The van der Waals surface area contributed by atoms with Crippen LogP contribution in [-0.4, -0.2) is 24.9 Å². The smallest absolute Gasteiger partial charge is 0.416 e. The topological polar surface area (TPSA) is 71.3 Å². The molecule has 0 radical (unpaired) electrons. The number of carbonyl (C=O) groups is 2. The number of hydrogen-bond acceptors (Lipinski definition) is 3. The van der Waals surface area contributed by atoms with Gasteiger partial charge in [0.2, 0.25) is 5.91 Å². The highest BCUT2D eigenvalue weighted by Gasteiger charge is 2.29. The van der Waals surface area contributed by atoms with E-state index >= 15 is 0 Å². The number of halogens is 3. The Morgan fingerprint density at radius 2 is 1.72 bits per heavy atom. The molecule has 2 aromatic rings. The van der Waals surface area contributed by atoms with Crippen molar-refractivity contribution >= 4 is 17.9 Å². The Labute approximate surface area is 141 Å². The maximum absolute atomic E-state index is 12.4. The number of alkyl halides is 3. The van der Waals surface area contributed by atoms with Crippen LogP contribution in [0.1, 0.15) is 21.7 Å². The zero-order valence-electron chi connectivity index (χ0n) is 13.0. The highest BCUT2D eigenvalue weighted by Crippen LogP contribution is 2.29. The third kappa shape index (κ3) is 5.83. The average molecular weight is 352 g/mol. The molecule has 0 atom stereocenters. The van der Waals surface area contributed by atoms with Gasteiger partial charge in [-0.3, -0.25) is 9.59 Å². The Hall–Kier alpha value is -3.03. The van der Waals surface area contributed by atoms with Crippen LogP contribution < -0.4 is 10.6 Å². The fourth-order valence-electron chi connectivity index (χ4n) is 1.87. The first-order valence-corrected chi connectivity index (χ1v) is 7.31. The molecule has 0 aliphatic rings. The van der Waals surface area contributed by atoms with Gasteiger partial charge < -0.3 is 15.1 Å². The number of carbonyl (C=O) groups excluding carboxylic acids is 2. The summed E-state index contributed by atoms with van der Waals surface area (Å²) in [6.45, 7) is 0.405. The predicted octanol–water partition coefficient (Wildman–Crippen LogP) is 2.86. The highest BCUT2D eigenvalue weighted by molar-refractivity contribution is 5.92. The summed E-state index contributed by atoms with van der Waals surface area (Å²) in [5, 5.41) is 5.09. The van der Waals surface area contributed by atoms with E-state index in [1.807, 2.05) is 0 Å². The first-order valence-electron chi connectivity index (χ1n) is 7.31. The predicted molar refractivity (Wildman–Crippen MR) is 84.5 cm³/mol. The molecule has 0 saturated heterocycles. The monoisotopic (exact) mass is 352 g/mol.